The van der Waals surface area contributed by atoms with Gasteiger partial charge in [-0.3, -0.25) is 9.59 Å². The number of ether oxygens (including phenoxy) is 3. The number of nitrogens with one attached hydrogen (secondary N) is 2. The van der Waals surface area contributed by atoms with E-state index in [0.29, 0.717) is 18.7 Å². The smallest absolute Gasteiger partial charge is 0.313 e. The van der Waals surface area contributed by atoms with Crippen molar-refractivity contribution in [2.45, 2.75) is 24.7 Å². The molecule has 0 bridgehead atoms. The Kier molecular flexibility index (Phi) is 7.23. The zero-order chi connectivity index (χ0) is 22.4. The summed E-state index contributed by atoms with van der Waals surface area (Å²) in [6.07, 6.45) is 1.38. The molecular formula is C23H28N2O6. The summed E-state index contributed by atoms with van der Waals surface area (Å²) in [7, 11) is 4.61. The second kappa shape index (κ2) is 10.1. The van der Waals surface area contributed by atoms with Crippen molar-refractivity contribution in [2.75, 3.05) is 45.1 Å². The van der Waals surface area contributed by atoms with Crippen LogP contribution in [0.2, 0.25) is 0 Å². The van der Waals surface area contributed by atoms with Crippen molar-refractivity contribution < 1.29 is 28.9 Å². The van der Waals surface area contributed by atoms with E-state index in [1.54, 1.807) is 20.3 Å². The zero-order valence-corrected chi connectivity index (χ0v) is 17.9. The van der Waals surface area contributed by atoms with Crippen LogP contribution in [0.25, 0.3) is 0 Å². The molecule has 0 fully saturated rings. The molecule has 0 spiro atoms. The Morgan fingerprint density at radius 1 is 0.839 bits per heavy atom. The number of hydrogen-bond donors (Lipinski definition) is 3. The highest BCUT2D eigenvalue weighted by atomic mass is 16.5. The fourth-order valence-electron chi connectivity index (χ4n) is 3.89. The fourth-order valence-corrected chi connectivity index (χ4v) is 3.89. The van der Waals surface area contributed by atoms with Crippen molar-refractivity contribution in [1.29, 1.82) is 0 Å². The third-order valence-electron chi connectivity index (χ3n) is 5.55. The van der Waals surface area contributed by atoms with Gasteiger partial charge in [-0.2, -0.15) is 0 Å². The number of carboxylic acids is 1. The summed E-state index contributed by atoms with van der Waals surface area (Å²) in [4.78, 5) is 22.7. The normalized spacial score (nSPS) is 18.5. The molecule has 0 aliphatic carbocycles. The lowest BCUT2D eigenvalue weighted by Crippen LogP contribution is -2.23. The van der Waals surface area contributed by atoms with E-state index in [-0.39, 0.29) is 11.9 Å². The molecule has 0 saturated carbocycles. The van der Waals surface area contributed by atoms with Gasteiger partial charge in [0.15, 0.2) is 0 Å². The molecule has 166 valence electrons. The summed E-state index contributed by atoms with van der Waals surface area (Å²) in [5, 5.41) is 15.5. The van der Waals surface area contributed by atoms with Gasteiger partial charge in [0.2, 0.25) is 0 Å². The van der Waals surface area contributed by atoms with Crippen molar-refractivity contribution in [2.24, 2.45) is 0 Å². The molecule has 2 atom stereocenters. The molecular weight excluding hydrogens is 400 g/mol. The van der Waals surface area contributed by atoms with Crippen molar-refractivity contribution in [3.8, 4) is 11.5 Å². The molecule has 2 aromatic carbocycles. The molecule has 2 heterocycles. The van der Waals surface area contributed by atoms with E-state index in [2.05, 4.69) is 10.6 Å². The highest BCUT2D eigenvalue weighted by Crippen LogP contribution is 2.35. The van der Waals surface area contributed by atoms with E-state index in [1.165, 1.54) is 7.11 Å². The van der Waals surface area contributed by atoms with E-state index in [9.17, 15) is 9.59 Å². The van der Waals surface area contributed by atoms with E-state index < -0.39 is 11.9 Å². The lowest BCUT2D eigenvalue weighted by Gasteiger charge is -2.25. The Morgan fingerprint density at radius 2 is 1.32 bits per heavy atom. The zero-order valence-electron chi connectivity index (χ0n) is 17.9. The summed E-state index contributed by atoms with van der Waals surface area (Å²) in [6, 6.07) is 11.2. The average molecular weight is 428 g/mol. The number of esters is 1. The minimum Gasteiger partial charge on any atom is -0.497 e. The van der Waals surface area contributed by atoms with E-state index in [1.807, 2.05) is 30.3 Å². The van der Waals surface area contributed by atoms with Gasteiger partial charge in [0, 0.05) is 24.5 Å². The van der Waals surface area contributed by atoms with Gasteiger partial charge in [-0.05, 0) is 60.4 Å². The first kappa shape index (κ1) is 22.3. The highest BCUT2D eigenvalue weighted by Gasteiger charge is 2.28. The SMILES string of the molecule is COC(=O)C1CCNc2ccc(OC)cc21.COc1ccc2c(c1)C(C(=O)O)CCN2. The Hall–Kier alpha value is -3.42. The number of fused-ring (bicyclic) bond motifs is 2. The molecule has 8 nitrogen and oxygen atoms in total. The maximum atomic E-state index is 11.6. The molecule has 2 unspecified atom stereocenters. The lowest BCUT2D eigenvalue weighted by atomic mass is 9.91. The number of hydrogen-bond acceptors (Lipinski definition) is 7. The monoisotopic (exact) mass is 428 g/mol. The van der Waals surface area contributed by atoms with Crippen LogP contribution in [0, 0.1) is 0 Å². The lowest BCUT2D eigenvalue weighted by molar-refractivity contribution is -0.142. The van der Waals surface area contributed by atoms with Crippen molar-refractivity contribution >= 4 is 23.3 Å². The summed E-state index contributed by atoms with van der Waals surface area (Å²) in [5.74, 6) is -0.102. The van der Waals surface area contributed by atoms with Crippen LogP contribution in [0.15, 0.2) is 36.4 Å². The van der Waals surface area contributed by atoms with Crippen LogP contribution in [0.5, 0.6) is 11.5 Å². The predicted octanol–water partition coefficient (Wildman–Crippen LogP) is 3.45. The van der Waals surface area contributed by atoms with Gasteiger partial charge in [-0.25, -0.2) is 0 Å². The number of carboxylic acid groups (broad SMARTS) is 1. The molecule has 0 saturated heterocycles. The van der Waals surface area contributed by atoms with Gasteiger partial charge in [-0.15, -0.1) is 0 Å². The van der Waals surface area contributed by atoms with E-state index in [0.717, 1.165) is 41.2 Å². The van der Waals surface area contributed by atoms with Crippen molar-refractivity contribution in [1.82, 2.24) is 0 Å². The molecule has 3 N–H and O–H groups in total. The van der Waals surface area contributed by atoms with Crippen LogP contribution in [-0.4, -0.2) is 51.5 Å². The van der Waals surface area contributed by atoms with Crippen LogP contribution < -0.4 is 20.1 Å². The molecule has 0 aromatic heterocycles. The predicted molar refractivity (Wildman–Crippen MR) is 117 cm³/mol. The third kappa shape index (κ3) is 5.02. The standard InChI is InChI=1S/C12H15NO3.C11H13NO3/c1-15-8-3-4-11-10(7-8)9(5-6-13-11)12(14)16-2;1-15-7-2-3-10-9(6-7)8(11(13)14)4-5-12-10/h3-4,7,9,13H,5-6H2,1-2H3;2-3,6,8,12H,4-5H2,1H3,(H,13,14). The Bertz CT molecular complexity index is 946. The van der Waals surface area contributed by atoms with Crippen LogP contribution in [0.4, 0.5) is 11.4 Å². The molecule has 4 rings (SSSR count). The average Bonchev–Trinajstić information content (AvgIpc) is 2.82. The number of aliphatic carboxylic acids is 1. The largest absolute Gasteiger partial charge is 0.497 e. The molecule has 0 amide bonds. The first-order valence-electron chi connectivity index (χ1n) is 10.1. The van der Waals surface area contributed by atoms with Crippen LogP contribution in [-0.2, 0) is 14.3 Å². The number of anilines is 2. The van der Waals surface area contributed by atoms with Crippen LogP contribution in [0.1, 0.15) is 35.8 Å². The van der Waals surface area contributed by atoms with Gasteiger partial charge in [0.1, 0.15) is 11.5 Å². The molecule has 2 aromatic rings. The maximum Gasteiger partial charge on any atom is 0.313 e. The molecule has 0 radical (unpaired) electrons. The summed E-state index contributed by atoms with van der Waals surface area (Å²) < 4.78 is 15.1. The summed E-state index contributed by atoms with van der Waals surface area (Å²) in [6.45, 7) is 1.50. The highest BCUT2D eigenvalue weighted by molar-refractivity contribution is 5.82. The topological polar surface area (TPSA) is 106 Å². The summed E-state index contributed by atoms with van der Waals surface area (Å²) in [5.41, 5.74) is 3.66. The van der Waals surface area contributed by atoms with E-state index in [4.69, 9.17) is 19.3 Å². The second-order valence-electron chi connectivity index (χ2n) is 7.30. The van der Waals surface area contributed by atoms with Gasteiger partial charge in [0.05, 0.1) is 33.2 Å². The number of carbonyl (C=O) groups is 2. The molecule has 31 heavy (non-hydrogen) atoms. The number of benzene rings is 2. The number of carbonyl (C=O) groups excluding carboxylic acids is 1. The Labute approximate surface area is 181 Å². The molecule has 2 aliphatic heterocycles. The van der Waals surface area contributed by atoms with Gasteiger partial charge < -0.3 is 30.0 Å². The second-order valence-corrected chi connectivity index (χ2v) is 7.30. The van der Waals surface area contributed by atoms with Gasteiger partial charge in [0.25, 0.3) is 0 Å². The van der Waals surface area contributed by atoms with Crippen molar-refractivity contribution in [3.63, 3.8) is 0 Å². The minimum atomic E-state index is -0.772. The minimum absolute atomic E-state index is 0.184. The quantitative estimate of drug-likeness (QED) is 0.636. The molecule has 2 aliphatic rings. The first-order chi connectivity index (χ1) is 15.0. The van der Waals surface area contributed by atoms with Gasteiger partial charge >= 0.3 is 11.9 Å². The van der Waals surface area contributed by atoms with Gasteiger partial charge in [-0.1, -0.05) is 0 Å². The van der Waals surface area contributed by atoms with Crippen molar-refractivity contribution in [3.05, 3.63) is 47.5 Å². The molecule has 8 heteroatoms. The van der Waals surface area contributed by atoms with Crippen LogP contribution >= 0.6 is 0 Å². The number of methoxy groups -OCH3 is 3. The van der Waals surface area contributed by atoms with E-state index >= 15 is 0 Å². The Balaban J connectivity index is 0.000000176. The fraction of sp³-hybridized carbons (Fsp3) is 0.391. The Morgan fingerprint density at radius 3 is 1.77 bits per heavy atom. The van der Waals surface area contributed by atoms with Crippen LogP contribution in [0.3, 0.4) is 0 Å². The number of rotatable bonds is 4. The maximum absolute atomic E-state index is 11.6. The summed E-state index contributed by atoms with van der Waals surface area (Å²) >= 11 is 0. The third-order valence-corrected chi connectivity index (χ3v) is 5.55. The first-order valence-corrected chi connectivity index (χ1v) is 10.1.